The Bertz CT molecular complexity index is 1090. The average molecular weight is 507 g/mol. The molecule has 1 saturated heterocycles. The third-order valence-corrected chi connectivity index (χ3v) is 7.74. The fourth-order valence-corrected chi connectivity index (χ4v) is 5.31. The summed E-state index contributed by atoms with van der Waals surface area (Å²) in [5.41, 5.74) is 2.80. The Morgan fingerprint density at radius 1 is 1.22 bits per heavy atom. The maximum absolute atomic E-state index is 12.8. The first-order valence-corrected chi connectivity index (χ1v) is 13.0. The Balaban J connectivity index is 0.00000222. The summed E-state index contributed by atoms with van der Waals surface area (Å²) in [5, 5.41) is 6.33. The Kier molecular flexibility index (Phi) is 11.2. The molecule has 7 heteroatoms. The van der Waals surface area contributed by atoms with Crippen LogP contribution in [0.25, 0.3) is 6.08 Å². The van der Waals surface area contributed by atoms with E-state index < -0.39 is 0 Å². The molecule has 3 heterocycles. The molecule has 0 bridgehead atoms. The molecule has 3 rings (SSSR count). The molecule has 1 spiro atoms. The molecule has 0 atom stereocenters. The zero-order valence-electron chi connectivity index (χ0n) is 22.1. The number of thioether (sulfide) groups is 1. The molecule has 2 N–H and O–H groups in total. The van der Waals surface area contributed by atoms with Gasteiger partial charge >= 0.3 is 0 Å². The highest BCUT2D eigenvalue weighted by atomic mass is 32.2. The predicted molar refractivity (Wildman–Crippen MR) is 152 cm³/mol. The largest absolute Gasteiger partial charge is 0.337 e. The molecule has 192 valence electrons. The monoisotopic (exact) mass is 506 g/mol. The van der Waals surface area contributed by atoms with Gasteiger partial charge in [-0.1, -0.05) is 35.6 Å². The lowest BCUT2D eigenvalue weighted by molar-refractivity contribution is -0.127. The van der Waals surface area contributed by atoms with Crippen molar-refractivity contribution in [1.29, 1.82) is 0 Å². The molecular formula is C29H38N4O2S. The number of allylic oxidation sites excluding steroid dienone is 4. The van der Waals surface area contributed by atoms with Crippen molar-refractivity contribution in [2.45, 2.75) is 47.0 Å². The lowest BCUT2D eigenvalue weighted by Gasteiger charge is -2.39. The van der Waals surface area contributed by atoms with Crippen LogP contribution in [0.2, 0.25) is 0 Å². The van der Waals surface area contributed by atoms with E-state index in [1.165, 1.54) is 10.5 Å². The number of likely N-dealkylation sites (N-methyl/N-ethyl adjacent to an activating group) is 1. The van der Waals surface area contributed by atoms with E-state index in [1.807, 2.05) is 39.1 Å². The number of amides is 2. The molecule has 2 aliphatic rings. The van der Waals surface area contributed by atoms with Crippen molar-refractivity contribution < 1.29 is 9.59 Å². The van der Waals surface area contributed by atoms with Crippen LogP contribution in [0.4, 0.5) is 5.82 Å². The third kappa shape index (κ3) is 7.46. The van der Waals surface area contributed by atoms with E-state index in [-0.39, 0.29) is 17.2 Å². The number of nitrogens with zero attached hydrogens (tertiary/aromatic N) is 2. The first-order valence-electron chi connectivity index (χ1n) is 12.2. The number of hydrogen-bond donors (Lipinski definition) is 2. The Morgan fingerprint density at radius 2 is 1.92 bits per heavy atom. The van der Waals surface area contributed by atoms with Crippen LogP contribution in [0.3, 0.4) is 0 Å². The fourth-order valence-electron chi connectivity index (χ4n) is 4.25. The fraction of sp³-hybridized carbons (Fsp3) is 0.414. The number of hydrogen-bond acceptors (Lipinski definition) is 5. The smallest absolute Gasteiger partial charge is 0.246 e. The topological polar surface area (TPSA) is 74.3 Å². The standard InChI is InChI=1S/C27H36N4O2S.C2H2/c1-6-8-23(19(3)4)34-22(7-2)18-31(5)24(32)10-9-20-15-21-16-27(11-13-28-14-12-27)26(33)30-25(21)29-17-20;1-2/h6-10,15,17,28H,11-14,16,18H2,1-5H3,(H,29,30,33);1-2H/b8-6-,10-9+,22-7+;. The summed E-state index contributed by atoms with van der Waals surface area (Å²) in [4.78, 5) is 34.0. The first-order chi connectivity index (χ1) is 17.3. The minimum atomic E-state index is -0.351. The highest BCUT2D eigenvalue weighted by Gasteiger charge is 2.43. The second kappa shape index (κ2) is 13.9. The second-order valence-electron chi connectivity index (χ2n) is 9.19. The molecule has 6 nitrogen and oxygen atoms in total. The van der Waals surface area contributed by atoms with Crippen molar-refractivity contribution in [3.05, 3.63) is 63.1 Å². The molecule has 1 aromatic rings. The number of fused-ring (bicyclic) bond motifs is 1. The minimum Gasteiger partial charge on any atom is -0.337 e. The van der Waals surface area contributed by atoms with Crippen molar-refractivity contribution >= 4 is 35.5 Å². The van der Waals surface area contributed by atoms with Gasteiger partial charge in [0.25, 0.3) is 0 Å². The maximum Gasteiger partial charge on any atom is 0.246 e. The van der Waals surface area contributed by atoms with Crippen LogP contribution in [0.15, 0.2) is 52.0 Å². The molecule has 0 unspecified atom stereocenters. The predicted octanol–water partition coefficient (Wildman–Crippen LogP) is 5.17. The van der Waals surface area contributed by atoms with Crippen LogP contribution in [0, 0.1) is 18.3 Å². The Hall–Kier alpha value is -3.08. The van der Waals surface area contributed by atoms with Gasteiger partial charge < -0.3 is 15.5 Å². The van der Waals surface area contributed by atoms with Crippen molar-refractivity contribution in [3.63, 3.8) is 0 Å². The Labute approximate surface area is 220 Å². The van der Waals surface area contributed by atoms with Crippen LogP contribution in [0.1, 0.15) is 51.7 Å². The molecule has 2 amide bonds. The first kappa shape index (κ1) is 29.2. The van der Waals surface area contributed by atoms with Crippen LogP contribution >= 0.6 is 11.8 Å². The quantitative estimate of drug-likeness (QED) is 0.303. The number of terminal acetylenes is 1. The number of carbonyl (C=O) groups excluding carboxylic acids is 2. The average Bonchev–Trinajstić information content (AvgIpc) is 2.88. The summed E-state index contributed by atoms with van der Waals surface area (Å²) < 4.78 is 0. The summed E-state index contributed by atoms with van der Waals surface area (Å²) in [6.45, 7) is 10.5. The second-order valence-corrected chi connectivity index (χ2v) is 10.4. The van der Waals surface area contributed by atoms with Gasteiger partial charge in [0.1, 0.15) is 5.82 Å². The zero-order chi connectivity index (χ0) is 26.7. The van der Waals surface area contributed by atoms with Gasteiger partial charge in [-0.05, 0) is 83.3 Å². The normalized spacial score (nSPS) is 16.8. The lowest BCUT2D eigenvalue weighted by atomic mass is 9.71. The van der Waals surface area contributed by atoms with Crippen molar-refractivity contribution in [1.82, 2.24) is 15.2 Å². The summed E-state index contributed by atoms with van der Waals surface area (Å²) in [7, 11) is 1.82. The van der Waals surface area contributed by atoms with E-state index in [4.69, 9.17) is 0 Å². The van der Waals surface area contributed by atoms with Crippen LogP contribution < -0.4 is 10.6 Å². The summed E-state index contributed by atoms with van der Waals surface area (Å²) in [6, 6.07) is 2.04. The number of aromatic nitrogens is 1. The highest BCUT2D eigenvalue weighted by molar-refractivity contribution is 8.07. The SMILES string of the molecule is C#C.C/C=C\C(S/C(=C/C)CN(C)C(=O)/C=C/c1cnc2c(c1)CC1(CCNCC1)C(=O)N2)=C(C)C. The summed E-state index contributed by atoms with van der Waals surface area (Å²) >= 11 is 1.70. The van der Waals surface area contributed by atoms with E-state index in [1.54, 1.807) is 28.9 Å². The molecule has 1 fully saturated rings. The molecule has 1 aromatic heterocycles. The van der Waals surface area contributed by atoms with Gasteiger partial charge in [0.05, 0.1) is 12.0 Å². The van der Waals surface area contributed by atoms with Crippen molar-refractivity contribution in [3.8, 4) is 12.8 Å². The maximum atomic E-state index is 12.8. The molecule has 0 saturated carbocycles. The number of nitrogens with one attached hydrogen (secondary N) is 2. The Morgan fingerprint density at radius 3 is 2.53 bits per heavy atom. The number of anilines is 1. The van der Waals surface area contributed by atoms with Gasteiger partial charge in [0, 0.05) is 29.1 Å². The van der Waals surface area contributed by atoms with E-state index in [0.29, 0.717) is 18.8 Å². The zero-order valence-corrected chi connectivity index (χ0v) is 22.9. The summed E-state index contributed by atoms with van der Waals surface area (Å²) in [6.07, 6.45) is 21.6. The molecule has 0 radical (unpaired) electrons. The van der Waals surface area contributed by atoms with E-state index in [0.717, 1.165) is 42.0 Å². The number of pyridine rings is 1. The molecule has 2 aliphatic heterocycles. The number of rotatable bonds is 7. The van der Waals surface area contributed by atoms with Gasteiger partial charge in [0.15, 0.2) is 0 Å². The van der Waals surface area contributed by atoms with Gasteiger partial charge in [0.2, 0.25) is 11.8 Å². The van der Waals surface area contributed by atoms with Gasteiger partial charge in [-0.15, -0.1) is 12.8 Å². The van der Waals surface area contributed by atoms with Crippen molar-refractivity contribution in [2.24, 2.45) is 5.41 Å². The molecule has 0 aliphatic carbocycles. The minimum absolute atomic E-state index is 0.0643. The van der Waals surface area contributed by atoms with Crippen molar-refractivity contribution in [2.75, 3.05) is 32.0 Å². The van der Waals surface area contributed by atoms with Crippen LogP contribution in [-0.2, 0) is 16.0 Å². The van der Waals surface area contributed by atoms with Crippen LogP contribution in [-0.4, -0.2) is 48.4 Å². The van der Waals surface area contributed by atoms with Crippen LogP contribution in [0.5, 0.6) is 0 Å². The molecule has 36 heavy (non-hydrogen) atoms. The molecule has 0 aromatic carbocycles. The van der Waals surface area contributed by atoms with E-state index in [2.05, 4.69) is 54.5 Å². The number of carbonyl (C=O) groups is 2. The highest BCUT2D eigenvalue weighted by Crippen LogP contribution is 2.39. The van der Waals surface area contributed by atoms with Gasteiger partial charge in [-0.2, -0.15) is 0 Å². The van der Waals surface area contributed by atoms with E-state index in [9.17, 15) is 9.59 Å². The van der Waals surface area contributed by atoms with Gasteiger partial charge in [-0.3, -0.25) is 9.59 Å². The van der Waals surface area contributed by atoms with E-state index >= 15 is 0 Å². The number of piperidine rings is 1. The third-order valence-electron chi connectivity index (χ3n) is 6.35. The lowest BCUT2D eigenvalue weighted by Crippen LogP contribution is -2.48. The molecular weight excluding hydrogens is 468 g/mol. The summed E-state index contributed by atoms with van der Waals surface area (Å²) in [5.74, 6) is 0.656. The van der Waals surface area contributed by atoms with Gasteiger partial charge in [-0.25, -0.2) is 4.98 Å².